The van der Waals surface area contributed by atoms with Crippen molar-refractivity contribution < 1.29 is 19.7 Å². The quantitative estimate of drug-likeness (QED) is 0.577. The second-order valence-electron chi connectivity index (χ2n) is 2.89. The van der Waals surface area contributed by atoms with E-state index in [4.69, 9.17) is 14.9 Å². The molecule has 0 fully saturated rings. The largest absolute Gasteiger partial charge is 0.503 e. The van der Waals surface area contributed by atoms with Crippen LogP contribution in [0.15, 0.2) is 30.5 Å². The molecule has 4 heteroatoms. The lowest BCUT2D eigenvalue weighted by Gasteiger charge is -2.07. The van der Waals surface area contributed by atoms with Crippen molar-refractivity contribution >= 4 is 11.5 Å². The van der Waals surface area contributed by atoms with E-state index in [1.165, 1.54) is 7.11 Å². The van der Waals surface area contributed by atoms with Crippen LogP contribution in [0, 0.1) is 0 Å². The van der Waals surface area contributed by atoms with Crippen LogP contribution in [-0.2, 0) is 16.1 Å². The van der Waals surface area contributed by atoms with Crippen LogP contribution in [0.1, 0.15) is 11.1 Å². The fourth-order valence-corrected chi connectivity index (χ4v) is 1.27. The molecule has 0 radical (unpaired) electrons. The zero-order chi connectivity index (χ0) is 11.3. The Kier molecular flexibility index (Phi) is 3.88. The Morgan fingerprint density at radius 1 is 1.47 bits per heavy atom. The highest BCUT2D eigenvalue weighted by molar-refractivity contribution is 6.15. The van der Waals surface area contributed by atoms with Crippen molar-refractivity contribution in [2.45, 2.75) is 6.61 Å². The summed E-state index contributed by atoms with van der Waals surface area (Å²) in [6.07, 6.45) is 1.15. The second-order valence-corrected chi connectivity index (χ2v) is 2.89. The van der Waals surface area contributed by atoms with E-state index in [2.05, 4.69) is 0 Å². The molecule has 1 aromatic rings. The molecule has 0 aliphatic heterocycles. The van der Waals surface area contributed by atoms with Crippen molar-refractivity contribution in [1.82, 2.24) is 0 Å². The number of carboxylic acid groups (broad SMARTS) is 1. The first-order chi connectivity index (χ1) is 7.20. The minimum Gasteiger partial charge on any atom is -0.503 e. The molecule has 0 saturated heterocycles. The predicted octanol–water partition coefficient (Wildman–Crippen LogP) is 1.25. The topological polar surface area (TPSA) is 66.8 Å². The number of hydrogen-bond acceptors (Lipinski definition) is 3. The summed E-state index contributed by atoms with van der Waals surface area (Å²) < 4.78 is 4.69. The van der Waals surface area contributed by atoms with Crippen LogP contribution in [0.5, 0.6) is 0 Å². The smallest absolute Gasteiger partial charge is 0.339 e. The number of rotatable bonds is 4. The van der Waals surface area contributed by atoms with Gasteiger partial charge in [0.05, 0.1) is 20.0 Å². The number of carbonyl (C=O) groups is 1. The van der Waals surface area contributed by atoms with Gasteiger partial charge in [0, 0.05) is 0 Å². The first-order valence-electron chi connectivity index (χ1n) is 4.36. The summed E-state index contributed by atoms with van der Waals surface area (Å²) in [5.41, 5.74) is 1.06. The number of hydrogen-bond donors (Lipinski definition) is 2. The second kappa shape index (κ2) is 5.17. The number of aliphatic carboxylic acids is 1. The van der Waals surface area contributed by atoms with Crippen LogP contribution in [0.25, 0.3) is 5.57 Å². The molecule has 0 atom stereocenters. The average Bonchev–Trinajstić information content (AvgIpc) is 2.25. The normalized spacial score (nSPS) is 11.2. The SMILES string of the molecule is COC=C(C(=O)O)c1ccccc1CO. The lowest BCUT2D eigenvalue weighted by molar-refractivity contribution is -0.130. The van der Waals surface area contributed by atoms with Crippen LogP contribution >= 0.6 is 0 Å². The van der Waals surface area contributed by atoms with Crippen LogP contribution in [0.3, 0.4) is 0 Å². The summed E-state index contributed by atoms with van der Waals surface area (Å²) in [7, 11) is 1.38. The van der Waals surface area contributed by atoms with E-state index in [1.54, 1.807) is 24.3 Å². The first kappa shape index (κ1) is 11.3. The van der Waals surface area contributed by atoms with E-state index in [0.717, 1.165) is 6.26 Å². The molecule has 0 aliphatic rings. The molecule has 0 aliphatic carbocycles. The highest BCUT2D eigenvalue weighted by atomic mass is 16.5. The summed E-state index contributed by atoms with van der Waals surface area (Å²) >= 11 is 0. The van der Waals surface area contributed by atoms with Gasteiger partial charge in [-0.2, -0.15) is 0 Å². The summed E-state index contributed by atoms with van der Waals surface area (Å²) in [5.74, 6) is -1.09. The Labute approximate surface area is 87.4 Å². The van der Waals surface area contributed by atoms with Gasteiger partial charge >= 0.3 is 5.97 Å². The average molecular weight is 208 g/mol. The van der Waals surface area contributed by atoms with Crippen LogP contribution in [0.4, 0.5) is 0 Å². The molecule has 1 rings (SSSR count). The molecule has 0 spiro atoms. The van der Waals surface area contributed by atoms with Gasteiger partial charge in [0.25, 0.3) is 0 Å². The van der Waals surface area contributed by atoms with Gasteiger partial charge in [-0.25, -0.2) is 4.79 Å². The number of carboxylic acids is 1. The molecule has 0 aromatic heterocycles. The molecule has 15 heavy (non-hydrogen) atoms. The summed E-state index contributed by atoms with van der Waals surface area (Å²) in [4.78, 5) is 10.9. The van der Waals surface area contributed by atoms with E-state index in [9.17, 15) is 4.79 Å². The van der Waals surface area contributed by atoms with Gasteiger partial charge in [0.2, 0.25) is 0 Å². The number of methoxy groups -OCH3 is 1. The Morgan fingerprint density at radius 3 is 2.67 bits per heavy atom. The summed E-state index contributed by atoms with van der Waals surface area (Å²) in [6.45, 7) is -0.204. The highest BCUT2D eigenvalue weighted by Crippen LogP contribution is 2.19. The van der Waals surface area contributed by atoms with Crippen molar-refractivity contribution in [2.24, 2.45) is 0 Å². The van der Waals surface area contributed by atoms with E-state index >= 15 is 0 Å². The third kappa shape index (κ3) is 2.57. The molecule has 4 nitrogen and oxygen atoms in total. The maximum Gasteiger partial charge on any atom is 0.339 e. The summed E-state index contributed by atoms with van der Waals surface area (Å²) in [5, 5.41) is 18.0. The molecule has 1 aromatic carbocycles. The third-order valence-electron chi connectivity index (χ3n) is 1.94. The standard InChI is InChI=1S/C11H12O4/c1-15-7-10(11(13)14)9-5-3-2-4-8(9)6-12/h2-5,7,12H,6H2,1H3,(H,13,14). The van der Waals surface area contributed by atoms with E-state index in [0.29, 0.717) is 11.1 Å². The van der Waals surface area contributed by atoms with Crippen molar-refractivity contribution in [1.29, 1.82) is 0 Å². The van der Waals surface area contributed by atoms with Crippen LogP contribution in [0.2, 0.25) is 0 Å². The first-order valence-corrected chi connectivity index (χ1v) is 4.36. The molecular weight excluding hydrogens is 196 g/mol. The van der Waals surface area contributed by atoms with E-state index in [1.807, 2.05) is 0 Å². The van der Waals surface area contributed by atoms with Crippen molar-refractivity contribution in [3.63, 3.8) is 0 Å². The number of ether oxygens (including phenoxy) is 1. The number of benzene rings is 1. The van der Waals surface area contributed by atoms with Gasteiger partial charge in [-0.05, 0) is 11.1 Å². The van der Waals surface area contributed by atoms with Crippen molar-refractivity contribution in [2.75, 3.05) is 7.11 Å². The lowest BCUT2D eigenvalue weighted by Crippen LogP contribution is -2.03. The van der Waals surface area contributed by atoms with Crippen LogP contribution in [-0.4, -0.2) is 23.3 Å². The Morgan fingerprint density at radius 2 is 2.13 bits per heavy atom. The fraction of sp³-hybridized carbons (Fsp3) is 0.182. The Bertz CT molecular complexity index is 382. The van der Waals surface area contributed by atoms with Gasteiger partial charge < -0.3 is 14.9 Å². The molecule has 0 heterocycles. The zero-order valence-electron chi connectivity index (χ0n) is 8.30. The van der Waals surface area contributed by atoms with Gasteiger partial charge in [-0.3, -0.25) is 0 Å². The number of aliphatic hydroxyl groups is 1. The highest BCUT2D eigenvalue weighted by Gasteiger charge is 2.13. The van der Waals surface area contributed by atoms with Crippen LogP contribution < -0.4 is 0 Å². The Hall–Kier alpha value is -1.81. The maximum absolute atomic E-state index is 10.9. The fourth-order valence-electron chi connectivity index (χ4n) is 1.27. The van der Waals surface area contributed by atoms with Gasteiger partial charge in [-0.1, -0.05) is 24.3 Å². The summed E-state index contributed by atoms with van der Waals surface area (Å²) in [6, 6.07) is 6.74. The van der Waals surface area contributed by atoms with Crippen molar-refractivity contribution in [3.05, 3.63) is 41.7 Å². The molecule has 0 amide bonds. The van der Waals surface area contributed by atoms with Gasteiger partial charge in [0.1, 0.15) is 5.57 Å². The van der Waals surface area contributed by atoms with E-state index in [-0.39, 0.29) is 12.2 Å². The molecule has 2 N–H and O–H groups in total. The minimum atomic E-state index is -1.09. The molecule has 0 bridgehead atoms. The minimum absolute atomic E-state index is 0.0298. The third-order valence-corrected chi connectivity index (χ3v) is 1.94. The molecule has 0 saturated carbocycles. The number of aliphatic hydroxyl groups excluding tert-OH is 1. The molecule has 80 valence electrons. The van der Waals surface area contributed by atoms with E-state index < -0.39 is 5.97 Å². The van der Waals surface area contributed by atoms with Gasteiger partial charge in [-0.15, -0.1) is 0 Å². The Balaban J connectivity index is 3.22. The molecular formula is C11H12O4. The zero-order valence-corrected chi connectivity index (χ0v) is 8.30. The van der Waals surface area contributed by atoms with Crippen molar-refractivity contribution in [3.8, 4) is 0 Å². The maximum atomic E-state index is 10.9. The monoisotopic (exact) mass is 208 g/mol. The van der Waals surface area contributed by atoms with Gasteiger partial charge in [0.15, 0.2) is 0 Å². The predicted molar refractivity (Wildman–Crippen MR) is 55.0 cm³/mol. The molecule has 0 unspecified atom stereocenters. The lowest BCUT2D eigenvalue weighted by atomic mass is 10.0.